The Balaban J connectivity index is 1.50. The van der Waals surface area contributed by atoms with Crippen molar-refractivity contribution in [2.45, 2.75) is 44.8 Å². The predicted octanol–water partition coefficient (Wildman–Crippen LogP) is 1.12. The molecule has 196 valence electrons. The number of rotatable bonds is 7. The van der Waals surface area contributed by atoms with Gasteiger partial charge in [0.25, 0.3) is 11.8 Å². The van der Waals surface area contributed by atoms with E-state index in [4.69, 9.17) is 0 Å². The largest absolute Gasteiger partial charge is 0.378 e. The van der Waals surface area contributed by atoms with E-state index in [0.717, 1.165) is 10.4 Å². The first kappa shape index (κ1) is 26.1. The highest BCUT2D eigenvalue weighted by molar-refractivity contribution is 6.03. The molecule has 2 N–H and O–H groups in total. The molecule has 2 aromatic rings. The van der Waals surface area contributed by atoms with Crippen LogP contribution < -0.4 is 14.9 Å². The van der Waals surface area contributed by atoms with Crippen LogP contribution in [-0.2, 0) is 9.59 Å². The number of pyridine rings is 1. The van der Waals surface area contributed by atoms with Crippen LogP contribution in [0.25, 0.3) is 0 Å². The van der Waals surface area contributed by atoms with Crippen LogP contribution in [-0.4, -0.2) is 83.8 Å². The summed E-state index contributed by atoms with van der Waals surface area (Å²) in [7, 11) is 3.83. The summed E-state index contributed by atoms with van der Waals surface area (Å²) in [4.78, 5) is 57.8. The fourth-order valence-electron chi connectivity index (χ4n) is 5.14. The minimum atomic E-state index is -0.792. The third-order valence-corrected chi connectivity index (χ3v) is 6.96. The Morgan fingerprint density at radius 3 is 2.43 bits per heavy atom. The van der Waals surface area contributed by atoms with E-state index in [1.54, 1.807) is 24.3 Å². The van der Waals surface area contributed by atoms with Crippen LogP contribution in [0.2, 0.25) is 0 Å². The van der Waals surface area contributed by atoms with E-state index in [1.807, 2.05) is 45.0 Å². The lowest BCUT2D eigenvalue weighted by Crippen LogP contribution is -2.53. The molecule has 3 atom stereocenters. The second-order valence-electron chi connectivity index (χ2n) is 10.3. The quantitative estimate of drug-likeness (QED) is 0.428. The first-order valence-corrected chi connectivity index (χ1v) is 12.5. The van der Waals surface area contributed by atoms with Gasteiger partial charge in [-0.3, -0.25) is 24.4 Å². The molecule has 2 fully saturated rings. The van der Waals surface area contributed by atoms with Gasteiger partial charge in [0.15, 0.2) is 5.78 Å². The number of hydrogen-bond acceptors (Lipinski definition) is 6. The van der Waals surface area contributed by atoms with Gasteiger partial charge in [-0.05, 0) is 49.1 Å². The van der Waals surface area contributed by atoms with Crippen molar-refractivity contribution in [3.05, 3.63) is 59.9 Å². The Bertz CT molecular complexity index is 1200. The third kappa shape index (κ3) is 5.42. The summed E-state index contributed by atoms with van der Waals surface area (Å²) in [5.74, 6) is -1.10. The van der Waals surface area contributed by atoms with Crippen molar-refractivity contribution < 1.29 is 29.1 Å². The highest BCUT2D eigenvalue weighted by Crippen LogP contribution is 2.31. The van der Waals surface area contributed by atoms with Crippen molar-refractivity contribution in [3.63, 3.8) is 0 Å². The molecule has 0 spiro atoms. The van der Waals surface area contributed by atoms with Crippen molar-refractivity contribution in [1.82, 2.24) is 15.1 Å². The molecule has 37 heavy (non-hydrogen) atoms. The summed E-state index contributed by atoms with van der Waals surface area (Å²) in [6, 6.07) is 8.26. The van der Waals surface area contributed by atoms with Crippen LogP contribution in [0.1, 0.15) is 47.4 Å². The van der Waals surface area contributed by atoms with Crippen molar-refractivity contribution in [3.8, 4) is 0 Å². The smallest absolute Gasteiger partial charge is 0.260 e. The van der Waals surface area contributed by atoms with Gasteiger partial charge >= 0.3 is 0 Å². The minimum Gasteiger partial charge on any atom is -0.378 e. The Morgan fingerprint density at radius 1 is 1.11 bits per heavy atom. The van der Waals surface area contributed by atoms with E-state index in [9.17, 15) is 24.4 Å². The molecule has 2 aliphatic rings. The Morgan fingerprint density at radius 2 is 1.81 bits per heavy atom. The molecular formula is C27H34N5O5+. The van der Waals surface area contributed by atoms with Crippen LogP contribution >= 0.6 is 0 Å². The number of nitrogens with one attached hydrogen (secondary N) is 1. The molecule has 0 saturated carbocycles. The molecule has 0 radical (unpaired) electrons. The molecule has 4 rings (SSSR count). The number of aromatic nitrogens is 1. The van der Waals surface area contributed by atoms with Crippen LogP contribution in [0.4, 0.5) is 5.69 Å². The molecule has 1 aromatic carbocycles. The number of benzene rings is 1. The number of amides is 3. The van der Waals surface area contributed by atoms with Gasteiger partial charge in [-0.15, -0.1) is 0 Å². The van der Waals surface area contributed by atoms with E-state index >= 15 is 0 Å². The average Bonchev–Trinajstić information content (AvgIpc) is 3.43. The molecule has 3 heterocycles. The molecule has 10 nitrogen and oxygen atoms in total. The van der Waals surface area contributed by atoms with Gasteiger partial charge in [0.1, 0.15) is 17.6 Å². The highest BCUT2D eigenvalue weighted by Gasteiger charge is 2.52. The summed E-state index contributed by atoms with van der Waals surface area (Å²) >= 11 is 0. The monoisotopic (exact) mass is 508 g/mol. The second kappa shape index (κ2) is 10.6. The molecule has 0 unspecified atom stereocenters. The summed E-state index contributed by atoms with van der Waals surface area (Å²) in [6.45, 7) is 4.16. The molecule has 2 aliphatic heterocycles. The van der Waals surface area contributed by atoms with Crippen LogP contribution in [0.3, 0.4) is 0 Å². The number of likely N-dealkylation sites (tertiary alicyclic amines) is 2. The summed E-state index contributed by atoms with van der Waals surface area (Å²) in [6.07, 6.45) is 3.57. The first-order chi connectivity index (χ1) is 17.6. The lowest BCUT2D eigenvalue weighted by atomic mass is 10.0. The lowest BCUT2D eigenvalue weighted by Gasteiger charge is -2.29. The molecular weight excluding hydrogens is 474 g/mol. The third-order valence-electron chi connectivity index (χ3n) is 6.96. The van der Waals surface area contributed by atoms with Gasteiger partial charge in [-0.2, -0.15) is 0 Å². The minimum absolute atomic E-state index is 0.0995. The number of Topliss-reactive ketones (excluding diaryl/α,β-unsaturated/α-hetero) is 1. The summed E-state index contributed by atoms with van der Waals surface area (Å²) < 4.78 is 0.792. The Hall–Kier alpha value is -3.95. The molecule has 0 bridgehead atoms. The van der Waals surface area contributed by atoms with Gasteiger partial charge in [0.2, 0.25) is 18.3 Å². The number of nitrogens with zero attached hydrogens (tertiary/aromatic N) is 4. The van der Waals surface area contributed by atoms with Crippen LogP contribution in [0.15, 0.2) is 48.8 Å². The molecule has 0 aliphatic carbocycles. The Labute approximate surface area is 216 Å². The predicted molar refractivity (Wildman–Crippen MR) is 135 cm³/mol. The fourth-order valence-corrected chi connectivity index (χ4v) is 5.14. The normalized spacial score (nSPS) is 19.6. The number of carbonyl (C=O) groups is 4. The maximum atomic E-state index is 13.7. The second-order valence-corrected chi connectivity index (χ2v) is 10.3. The van der Waals surface area contributed by atoms with Gasteiger partial charge in [0.05, 0.1) is 12.6 Å². The van der Waals surface area contributed by atoms with Gasteiger partial charge in [-0.1, -0.05) is 13.8 Å². The number of hydrogen-bond donors (Lipinski definition) is 2. The topological polar surface area (TPSA) is 114 Å². The first-order valence-electron chi connectivity index (χ1n) is 12.5. The maximum absolute atomic E-state index is 13.7. The van der Waals surface area contributed by atoms with Gasteiger partial charge < -0.3 is 20.0 Å². The fraction of sp³-hybridized carbons (Fsp3) is 0.444. The van der Waals surface area contributed by atoms with Crippen molar-refractivity contribution in [2.75, 3.05) is 32.1 Å². The van der Waals surface area contributed by atoms with Crippen molar-refractivity contribution >= 4 is 29.2 Å². The standard InChI is InChI=1S/C27H33N5O5/c1-17(2)14-21(28-25(34)18-7-9-20(10-8-18)29(3)4)27(36)31-13-11-22-24(31)23(33)16-32(22)26(35)19-6-5-12-30(37)15-19/h5-10,12,15,17,21-22,24H,11,13-14,16H2,1-4H3,(H-,28,34,37)/p+1/t21-,22+,24-/m0/s1. The Kier molecular flexibility index (Phi) is 7.47. The van der Waals surface area contributed by atoms with E-state index < -0.39 is 18.1 Å². The maximum Gasteiger partial charge on any atom is 0.260 e. The summed E-state index contributed by atoms with van der Waals surface area (Å²) in [5.41, 5.74) is 1.66. The average molecular weight is 509 g/mol. The molecule has 3 amide bonds. The molecule has 1 aromatic heterocycles. The number of fused-ring (bicyclic) bond motifs is 1. The lowest BCUT2D eigenvalue weighted by molar-refractivity contribution is -0.904. The van der Waals surface area contributed by atoms with Gasteiger partial charge in [0, 0.05) is 42.7 Å². The van der Waals surface area contributed by atoms with E-state index in [2.05, 4.69) is 5.32 Å². The van der Waals surface area contributed by atoms with Crippen LogP contribution in [0.5, 0.6) is 0 Å². The number of ketones is 1. The number of anilines is 1. The number of carbonyl (C=O) groups excluding carboxylic acids is 4. The zero-order chi connectivity index (χ0) is 26.9. The van der Waals surface area contributed by atoms with Crippen LogP contribution in [0, 0.1) is 5.92 Å². The zero-order valence-corrected chi connectivity index (χ0v) is 21.6. The van der Waals surface area contributed by atoms with E-state index in [-0.39, 0.29) is 41.5 Å². The summed E-state index contributed by atoms with van der Waals surface area (Å²) in [5, 5.41) is 12.6. The van der Waals surface area contributed by atoms with E-state index in [1.165, 1.54) is 22.2 Å². The molecule has 2 saturated heterocycles. The van der Waals surface area contributed by atoms with Crippen molar-refractivity contribution in [1.29, 1.82) is 0 Å². The van der Waals surface area contributed by atoms with Gasteiger partial charge in [-0.25, -0.2) is 0 Å². The zero-order valence-electron chi connectivity index (χ0n) is 21.6. The SMILES string of the molecule is CC(C)C[C@H](NC(=O)c1ccc(N(C)C)cc1)C(=O)N1CC[C@@H]2[C@H]1C(=O)CN2C(=O)c1ccc[n+](O)c1. The highest BCUT2D eigenvalue weighted by atomic mass is 16.5. The van der Waals surface area contributed by atoms with E-state index in [0.29, 0.717) is 24.9 Å². The molecule has 10 heteroatoms. The van der Waals surface area contributed by atoms with Crippen molar-refractivity contribution in [2.24, 2.45) is 5.92 Å².